The number of hydrogen-bond donors (Lipinski definition) is 0. The summed E-state index contributed by atoms with van der Waals surface area (Å²) in [5, 5.41) is 5.48. The highest BCUT2D eigenvalue weighted by Gasteiger charge is 2.10. The highest BCUT2D eigenvalue weighted by molar-refractivity contribution is 6.34. The molecule has 1 aromatic heterocycles. The van der Waals surface area contributed by atoms with E-state index < -0.39 is 0 Å². The van der Waals surface area contributed by atoms with Crippen molar-refractivity contribution < 1.29 is 0 Å². The Bertz CT molecular complexity index is 520. The third-order valence-electron chi connectivity index (χ3n) is 2.39. The van der Waals surface area contributed by atoms with E-state index in [-0.39, 0.29) is 0 Å². The van der Waals surface area contributed by atoms with E-state index in [2.05, 4.69) is 5.10 Å². The second-order valence-electron chi connectivity index (χ2n) is 3.40. The van der Waals surface area contributed by atoms with E-state index in [9.17, 15) is 0 Å². The van der Waals surface area contributed by atoms with Crippen LogP contribution >= 0.6 is 34.8 Å². The molecular weight excluding hydrogens is 266 g/mol. The van der Waals surface area contributed by atoms with Crippen molar-refractivity contribution in [1.82, 2.24) is 9.78 Å². The summed E-state index contributed by atoms with van der Waals surface area (Å²) in [4.78, 5) is 0. The first-order chi connectivity index (χ1) is 7.63. The SMILES string of the molecule is Cc1c(CCl)cnn1-c1cc(Cl)ccc1Cl. The Balaban J connectivity index is 2.58. The maximum atomic E-state index is 6.10. The second kappa shape index (κ2) is 4.66. The minimum absolute atomic E-state index is 0.435. The highest BCUT2D eigenvalue weighted by atomic mass is 35.5. The lowest BCUT2D eigenvalue weighted by molar-refractivity contribution is 0.846. The predicted molar refractivity (Wildman–Crippen MR) is 67.9 cm³/mol. The van der Waals surface area contributed by atoms with Crippen LogP contribution in [-0.2, 0) is 5.88 Å². The Hall–Kier alpha value is -0.700. The fourth-order valence-electron chi connectivity index (χ4n) is 1.47. The van der Waals surface area contributed by atoms with Gasteiger partial charge in [0.2, 0.25) is 0 Å². The van der Waals surface area contributed by atoms with E-state index >= 15 is 0 Å². The Kier molecular flexibility index (Phi) is 3.43. The van der Waals surface area contributed by atoms with Crippen LogP contribution in [0.5, 0.6) is 0 Å². The molecule has 0 radical (unpaired) electrons. The molecule has 84 valence electrons. The van der Waals surface area contributed by atoms with Gasteiger partial charge in [-0.3, -0.25) is 0 Å². The molecule has 0 spiro atoms. The molecule has 0 amide bonds. The van der Waals surface area contributed by atoms with Gasteiger partial charge in [0, 0.05) is 16.3 Å². The van der Waals surface area contributed by atoms with E-state index in [1.54, 1.807) is 29.1 Å². The average Bonchev–Trinajstić information content (AvgIpc) is 2.63. The van der Waals surface area contributed by atoms with Gasteiger partial charge in [-0.2, -0.15) is 5.10 Å². The van der Waals surface area contributed by atoms with Crippen molar-refractivity contribution in [1.29, 1.82) is 0 Å². The number of aromatic nitrogens is 2. The fraction of sp³-hybridized carbons (Fsp3) is 0.182. The number of rotatable bonds is 2. The number of hydrogen-bond acceptors (Lipinski definition) is 1. The Morgan fingerprint density at radius 2 is 2.06 bits per heavy atom. The lowest BCUT2D eigenvalue weighted by Gasteiger charge is -2.07. The van der Waals surface area contributed by atoms with Gasteiger partial charge in [-0.05, 0) is 25.1 Å². The molecule has 2 aromatic rings. The van der Waals surface area contributed by atoms with Crippen LogP contribution in [0.1, 0.15) is 11.3 Å². The molecule has 2 nitrogen and oxygen atoms in total. The topological polar surface area (TPSA) is 17.8 Å². The van der Waals surface area contributed by atoms with Gasteiger partial charge in [0.1, 0.15) is 0 Å². The molecule has 2 rings (SSSR count). The summed E-state index contributed by atoms with van der Waals surface area (Å²) in [6.07, 6.45) is 1.74. The predicted octanol–water partition coefficient (Wildman–Crippen LogP) is 4.23. The number of nitrogens with zero attached hydrogens (tertiary/aromatic N) is 2. The molecule has 0 unspecified atom stereocenters. The fourth-order valence-corrected chi connectivity index (χ4v) is 2.09. The van der Waals surface area contributed by atoms with Crippen molar-refractivity contribution in [2.45, 2.75) is 12.8 Å². The van der Waals surface area contributed by atoms with E-state index in [1.807, 2.05) is 6.92 Å². The Morgan fingerprint density at radius 1 is 1.31 bits per heavy atom. The van der Waals surface area contributed by atoms with Crippen molar-refractivity contribution in [3.63, 3.8) is 0 Å². The van der Waals surface area contributed by atoms with Crippen LogP contribution in [0.3, 0.4) is 0 Å². The van der Waals surface area contributed by atoms with Crippen molar-refractivity contribution in [2.24, 2.45) is 0 Å². The summed E-state index contributed by atoms with van der Waals surface area (Å²) in [6, 6.07) is 5.28. The molecule has 0 N–H and O–H groups in total. The molecule has 0 fully saturated rings. The molecule has 1 heterocycles. The van der Waals surface area contributed by atoms with Gasteiger partial charge in [-0.1, -0.05) is 23.2 Å². The number of halogens is 3. The molecule has 5 heteroatoms. The van der Waals surface area contributed by atoms with Gasteiger partial charge in [-0.25, -0.2) is 4.68 Å². The first kappa shape index (κ1) is 11.8. The van der Waals surface area contributed by atoms with Crippen molar-refractivity contribution >= 4 is 34.8 Å². The molecule has 1 aromatic carbocycles. The smallest absolute Gasteiger partial charge is 0.0849 e. The van der Waals surface area contributed by atoms with Crippen LogP contribution in [0.2, 0.25) is 10.0 Å². The average molecular weight is 276 g/mol. The van der Waals surface area contributed by atoms with Gasteiger partial charge < -0.3 is 0 Å². The summed E-state index contributed by atoms with van der Waals surface area (Å²) in [6.45, 7) is 1.95. The van der Waals surface area contributed by atoms with E-state index in [0.717, 1.165) is 16.9 Å². The molecule has 0 saturated carbocycles. The van der Waals surface area contributed by atoms with Crippen molar-refractivity contribution in [3.05, 3.63) is 45.7 Å². The van der Waals surface area contributed by atoms with Gasteiger partial charge >= 0.3 is 0 Å². The molecule has 0 atom stereocenters. The summed E-state index contributed by atoms with van der Waals surface area (Å²) < 4.78 is 1.74. The Labute approximate surface area is 109 Å². The second-order valence-corrected chi connectivity index (χ2v) is 4.51. The zero-order valence-corrected chi connectivity index (χ0v) is 10.8. The standard InChI is InChI=1S/C11H9Cl3N2/c1-7-8(5-12)6-15-16(7)11-4-9(13)2-3-10(11)14/h2-4,6H,5H2,1H3. The largest absolute Gasteiger partial charge is 0.236 e. The molecule has 16 heavy (non-hydrogen) atoms. The van der Waals surface area contributed by atoms with Gasteiger partial charge in [0.05, 0.1) is 22.8 Å². The first-order valence-electron chi connectivity index (χ1n) is 4.68. The summed E-state index contributed by atoms with van der Waals surface area (Å²) in [7, 11) is 0. The third kappa shape index (κ3) is 2.05. The van der Waals surface area contributed by atoms with Crippen LogP contribution in [0, 0.1) is 6.92 Å². The van der Waals surface area contributed by atoms with Crippen LogP contribution in [0.4, 0.5) is 0 Å². The minimum Gasteiger partial charge on any atom is -0.236 e. The summed E-state index contributed by atoms with van der Waals surface area (Å²) in [5.41, 5.74) is 2.72. The first-order valence-corrected chi connectivity index (χ1v) is 5.97. The zero-order chi connectivity index (χ0) is 11.7. The van der Waals surface area contributed by atoms with E-state index in [0.29, 0.717) is 15.9 Å². The third-order valence-corrected chi connectivity index (χ3v) is 3.23. The summed E-state index contributed by atoms with van der Waals surface area (Å²) >= 11 is 17.8. The Morgan fingerprint density at radius 3 is 2.69 bits per heavy atom. The molecule has 0 aliphatic rings. The number of benzene rings is 1. The normalized spacial score (nSPS) is 10.8. The van der Waals surface area contributed by atoms with Gasteiger partial charge in [0.25, 0.3) is 0 Å². The van der Waals surface area contributed by atoms with Crippen LogP contribution in [0.25, 0.3) is 5.69 Å². The molecule has 0 bridgehead atoms. The van der Waals surface area contributed by atoms with E-state index in [4.69, 9.17) is 34.8 Å². The van der Waals surface area contributed by atoms with E-state index in [1.165, 1.54) is 0 Å². The maximum absolute atomic E-state index is 6.10. The van der Waals surface area contributed by atoms with Gasteiger partial charge in [-0.15, -0.1) is 11.6 Å². The highest BCUT2D eigenvalue weighted by Crippen LogP contribution is 2.26. The quantitative estimate of drug-likeness (QED) is 0.750. The molecular formula is C11H9Cl3N2. The van der Waals surface area contributed by atoms with Crippen LogP contribution in [0.15, 0.2) is 24.4 Å². The lowest BCUT2D eigenvalue weighted by atomic mass is 10.2. The zero-order valence-electron chi connectivity index (χ0n) is 8.54. The summed E-state index contributed by atoms with van der Waals surface area (Å²) in [5.74, 6) is 0.435. The minimum atomic E-state index is 0.435. The lowest BCUT2D eigenvalue weighted by Crippen LogP contribution is -2.00. The van der Waals surface area contributed by atoms with Crippen molar-refractivity contribution in [2.75, 3.05) is 0 Å². The number of alkyl halides is 1. The monoisotopic (exact) mass is 274 g/mol. The molecule has 0 aliphatic heterocycles. The van der Waals surface area contributed by atoms with Crippen LogP contribution in [-0.4, -0.2) is 9.78 Å². The van der Waals surface area contributed by atoms with Crippen LogP contribution < -0.4 is 0 Å². The molecule has 0 saturated heterocycles. The van der Waals surface area contributed by atoms with Gasteiger partial charge in [0.15, 0.2) is 0 Å². The van der Waals surface area contributed by atoms with Crippen molar-refractivity contribution in [3.8, 4) is 5.69 Å². The maximum Gasteiger partial charge on any atom is 0.0849 e. The molecule has 0 aliphatic carbocycles.